The summed E-state index contributed by atoms with van der Waals surface area (Å²) in [4.78, 5) is 13.6. The lowest BCUT2D eigenvalue weighted by molar-refractivity contribution is 0.0775. The number of aromatic hydroxyl groups is 1. The molecular weight excluding hydrogens is 230 g/mol. The van der Waals surface area contributed by atoms with Crippen molar-refractivity contribution in [3.8, 4) is 5.75 Å². The second-order valence-corrected chi connectivity index (χ2v) is 4.22. The van der Waals surface area contributed by atoms with Gasteiger partial charge in [-0.05, 0) is 43.3 Å². The maximum atomic E-state index is 12.1. The minimum Gasteiger partial charge on any atom is -0.508 e. The van der Waals surface area contributed by atoms with Gasteiger partial charge in [0.25, 0.3) is 5.91 Å². The number of aryl methyl sites for hydroxylation is 1. The third-order valence-electron chi connectivity index (χ3n) is 2.65. The van der Waals surface area contributed by atoms with E-state index in [1.807, 2.05) is 19.1 Å². The lowest BCUT2D eigenvalue weighted by Crippen LogP contribution is -2.25. The number of hydrogen-bond donors (Lipinski definition) is 1. The van der Waals surface area contributed by atoms with Crippen LogP contribution in [0.5, 0.6) is 5.75 Å². The Morgan fingerprint density at radius 3 is 2.44 bits per heavy atom. The first-order chi connectivity index (χ1) is 8.56. The molecule has 1 aromatic heterocycles. The fourth-order valence-electron chi connectivity index (χ4n) is 1.70. The molecule has 4 nitrogen and oxygen atoms in total. The van der Waals surface area contributed by atoms with E-state index < -0.39 is 0 Å². The molecular formula is C14H15NO3. The van der Waals surface area contributed by atoms with Gasteiger partial charge in [0.15, 0.2) is 0 Å². The topological polar surface area (TPSA) is 53.7 Å². The first-order valence-corrected chi connectivity index (χ1v) is 5.66. The van der Waals surface area contributed by atoms with Crippen LogP contribution in [0.2, 0.25) is 0 Å². The zero-order valence-electron chi connectivity index (χ0n) is 10.4. The zero-order chi connectivity index (χ0) is 13.1. The summed E-state index contributed by atoms with van der Waals surface area (Å²) in [6.07, 6.45) is 0. The number of amides is 1. The number of phenolic OH excluding ortho intramolecular Hbond substituents is 1. The number of phenols is 1. The van der Waals surface area contributed by atoms with Crippen LogP contribution in [0.25, 0.3) is 0 Å². The Balaban J connectivity index is 2.07. The number of rotatable bonds is 3. The predicted molar refractivity (Wildman–Crippen MR) is 67.3 cm³/mol. The summed E-state index contributed by atoms with van der Waals surface area (Å²) in [5.41, 5.74) is 0.540. The van der Waals surface area contributed by atoms with Crippen LogP contribution in [-0.4, -0.2) is 23.0 Å². The van der Waals surface area contributed by atoms with Crippen molar-refractivity contribution in [2.24, 2.45) is 0 Å². The average molecular weight is 245 g/mol. The zero-order valence-corrected chi connectivity index (χ0v) is 10.4. The molecule has 0 aliphatic rings. The van der Waals surface area contributed by atoms with Crippen molar-refractivity contribution in [3.63, 3.8) is 0 Å². The van der Waals surface area contributed by atoms with Crippen LogP contribution in [0, 0.1) is 6.92 Å². The number of nitrogens with zero attached hydrogens (tertiary/aromatic N) is 1. The normalized spacial score (nSPS) is 10.3. The molecule has 0 fully saturated rings. The molecule has 94 valence electrons. The predicted octanol–water partition coefficient (Wildman–Crippen LogP) is 2.57. The Labute approximate surface area is 105 Å². The Morgan fingerprint density at radius 1 is 1.22 bits per heavy atom. The van der Waals surface area contributed by atoms with E-state index >= 15 is 0 Å². The van der Waals surface area contributed by atoms with Crippen LogP contribution in [0.4, 0.5) is 0 Å². The lowest BCUT2D eigenvalue weighted by atomic mass is 10.2. The van der Waals surface area contributed by atoms with Crippen LogP contribution in [0.15, 0.2) is 40.8 Å². The molecule has 0 aliphatic heterocycles. The van der Waals surface area contributed by atoms with E-state index in [1.165, 1.54) is 12.1 Å². The summed E-state index contributed by atoms with van der Waals surface area (Å²) >= 11 is 0. The van der Waals surface area contributed by atoms with Gasteiger partial charge in [0.2, 0.25) is 0 Å². The van der Waals surface area contributed by atoms with Gasteiger partial charge in [0.1, 0.15) is 17.3 Å². The van der Waals surface area contributed by atoms with Crippen LogP contribution in [0.1, 0.15) is 21.9 Å². The maximum Gasteiger partial charge on any atom is 0.254 e. The van der Waals surface area contributed by atoms with E-state index in [0.717, 1.165) is 11.5 Å². The second-order valence-electron chi connectivity index (χ2n) is 4.22. The summed E-state index contributed by atoms with van der Waals surface area (Å²) in [5, 5.41) is 9.18. The van der Waals surface area contributed by atoms with Crippen molar-refractivity contribution in [1.29, 1.82) is 0 Å². The van der Waals surface area contributed by atoms with Crippen molar-refractivity contribution in [2.75, 3.05) is 7.05 Å². The summed E-state index contributed by atoms with van der Waals surface area (Å²) in [6.45, 7) is 2.29. The number of carbonyl (C=O) groups excluding carboxylic acids is 1. The smallest absolute Gasteiger partial charge is 0.254 e. The van der Waals surface area contributed by atoms with Gasteiger partial charge in [0, 0.05) is 12.6 Å². The van der Waals surface area contributed by atoms with Crippen molar-refractivity contribution in [2.45, 2.75) is 13.5 Å². The minimum atomic E-state index is -0.107. The standard InChI is InChI=1S/C14H15NO3/c1-10-3-8-13(18-10)9-15(2)14(17)11-4-6-12(16)7-5-11/h3-8,16H,9H2,1-2H3. The SMILES string of the molecule is Cc1ccc(CN(C)C(=O)c2ccc(O)cc2)o1. The maximum absolute atomic E-state index is 12.1. The van der Waals surface area contributed by atoms with Gasteiger partial charge in [-0.1, -0.05) is 0 Å². The lowest BCUT2D eigenvalue weighted by Gasteiger charge is -2.15. The van der Waals surface area contributed by atoms with Crippen molar-refractivity contribution >= 4 is 5.91 Å². The average Bonchev–Trinajstić information content (AvgIpc) is 2.75. The Kier molecular flexibility index (Phi) is 3.37. The third kappa shape index (κ3) is 2.71. The molecule has 2 rings (SSSR count). The molecule has 1 amide bonds. The molecule has 1 aromatic carbocycles. The molecule has 0 atom stereocenters. The first-order valence-electron chi connectivity index (χ1n) is 5.66. The van der Waals surface area contributed by atoms with Crippen LogP contribution in [0.3, 0.4) is 0 Å². The van der Waals surface area contributed by atoms with E-state index in [1.54, 1.807) is 24.1 Å². The molecule has 0 unspecified atom stereocenters. The molecule has 0 saturated carbocycles. The van der Waals surface area contributed by atoms with Gasteiger partial charge in [0.05, 0.1) is 6.54 Å². The first kappa shape index (κ1) is 12.2. The summed E-state index contributed by atoms with van der Waals surface area (Å²) in [6, 6.07) is 9.92. The quantitative estimate of drug-likeness (QED) is 0.904. The van der Waals surface area contributed by atoms with Gasteiger partial charge < -0.3 is 14.4 Å². The molecule has 0 saturated heterocycles. The van der Waals surface area contributed by atoms with E-state index in [-0.39, 0.29) is 11.7 Å². The van der Waals surface area contributed by atoms with Gasteiger partial charge in [-0.15, -0.1) is 0 Å². The molecule has 0 aliphatic carbocycles. The van der Waals surface area contributed by atoms with E-state index in [4.69, 9.17) is 4.42 Å². The van der Waals surface area contributed by atoms with Crippen molar-refractivity contribution < 1.29 is 14.3 Å². The van der Waals surface area contributed by atoms with Gasteiger partial charge in [-0.2, -0.15) is 0 Å². The van der Waals surface area contributed by atoms with Crippen molar-refractivity contribution in [3.05, 3.63) is 53.5 Å². The minimum absolute atomic E-state index is 0.107. The monoisotopic (exact) mass is 245 g/mol. The molecule has 2 aromatic rings. The van der Waals surface area contributed by atoms with E-state index in [0.29, 0.717) is 12.1 Å². The molecule has 0 radical (unpaired) electrons. The Bertz CT molecular complexity index is 542. The van der Waals surface area contributed by atoms with Crippen LogP contribution in [-0.2, 0) is 6.54 Å². The van der Waals surface area contributed by atoms with E-state index in [9.17, 15) is 9.90 Å². The largest absolute Gasteiger partial charge is 0.508 e. The summed E-state index contributed by atoms with van der Waals surface area (Å²) < 4.78 is 5.43. The molecule has 1 heterocycles. The number of hydrogen-bond acceptors (Lipinski definition) is 3. The van der Waals surface area contributed by atoms with Crippen LogP contribution >= 0.6 is 0 Å². The Morgan fingerprint density at radius 2 is 1.89 bits per heavy atom. The Hall–Kier alpha value is -2.23. The van der Waals surface area contributed by atoms with Gasteiger partial charge >= 0.3 is 0 Å². The highest BCUT2D eigenvalue weighted by Crippen LogP contribution is 2.14. The van der Waals surface area contributed by atoms with Gasteiger partial charge in [-0.3, -0.25) is 4.79 Å². The number of carbonyl (C=O) groups is 1. The van der Waals surface area contributed by atoms with Crippen molar-refractivity contribution in [1.82, 2.24) is 4.90 Å². The van der Waals surface area contributed by atoms with Gasteiger partial charge in [-0.25, -0.2) is 0 Å². The number of benzene rings is 1. The molecule has 18 heavy (non-hydrogen) atoms. The highest BCUT2D eigenvalue weighted by Gasteiger charge is 2.13. The molecule has 1 N–H and O–H groups in total. The second kappa shape index (κ2) is 4.96. The molecule has 4 heteroatoms. The highest BCUT2D eigenvalue weighted by molar-refractivity contribution is 5.94. The number of furan rings is 1. The fourth-order valence-corrected chi connectivity index (χ4v) is 1.70. The molecule has 0 bridgehead atoms. The highest BCUT2D eigenvalue weighted by atomic mass is 16.3. The summed E-state index contributed by atoms with van der Waals surface area (Å²) in [7, 11) is 1.72. The van der Waals surface area contributed by atoms with E-state index in [2.05, 4.69) is 0 Å². The fraction of sp³-hybridized carbons (Fsp3) is 0.214. The molecule has 0 spiro atoms. The summed E-state index contributed by atoms with van der Waals surface area (Å²) in [5.74, 6) is 1.62. The van der Waals surface area contributed by atoms with Crippen LogP contribution < -0.4 is 0 Å². The third-order valence-corrected chi connectivity index (χ3v) is 2.65.